The summed E-state index contributed by atoms with van der Waals surface area (Å²) in [7, 11) is 3.31. The molecule has 1 N–H and O–H groups in total. The van der Waals surface area contributed by atoms with E-state index in [0.717, 1.165) is 16.9 Å². The van der Waals surface area contributed by atoms with E-state index in [9.17, 15) is 9.90 Å². The Morgan fingerprint density at radius 3 is 2.65 bits per heavy atom. The van der Waals surface area contributed by atoms with Gasteiger partial charge in [-0.2, -0.15) is 0 Å². The molecule has 0 bridgehead atoms. The average molecular weight is 237 g/mol. The summed E-state index contributed by atoms with van der Waals surface area (Å²) in [5, 5.41) is 9.19. The summed E-state index contributed by atoms with van der Waals surface area (Å²) in [6, 6.07) is 5.77. The predicted octanol–water partition coefficient (Wildman–Crippen LogP) is 1.34. The van der Waals surface area contributed by atoms with Crippen LogP contribution in [0.25, 0.3) is 0 Å². The Kier molecular flexibility index (Phi) is 4.52. The van der Waals surface area contributed by atoms with Crippen molar-refractivity contribution < 1.29 is 14.6 Å². The Hall–Kier alpha value is -1.55. The van der Waals surface area contributed by atoms with Gasteiger partial charge >= 0.3 is 0 Å². The van der Waals surface area contributed by atoms with Crippen molar-refractivity contribution in [2.45, 2.75) is 26.5 Å². The second kappa shape index (κ2) is 5.68. The summed E-state index contributed by atoms with van der Waals surface area (Å²) in [4.78, 5) is 13.0. The number of aliphatic hydroxyl groups excluding tert-OH is 1. The van der Waals surface area contributed by atoms with Crippen molar-refractivity contribution in [2.24, 2.45) is 0 Å². The third-order valence-electron chi connectivity index (χ3n) is 2.61. The highest BCUT2D eigenvalue weighted by atomic mass is 16.5. The van der Waals surface area contributed by atoms with Crippen LogP contribution in [0, 0.1) is 6.92 Å². The summed E-state index contributed by atoms with van der Waals surface area (Å²) in [6.07, 6.45) is -0.959. The lowest BCUT2D eigenvalue weighted by molar-refractivity contribution is -0.138. The molecule has 1 rings (SSSR count). The lowest BCUT2D eigenvalue weighted by Crippen LogP contribution is -2.34. The van der Waals surface area contributed by atoms with Crippen LogP contribution in [0.1, 0.15) is 18.1 Å². The molecule has 0 fully saturated rings. The first-order chi connectivity index (χ1) is 7.95. The zero-order valence-electron chi connectivity index (χ0n) is 10.7. The lowest BCUT2D eigenvalue weighted by atomic mass is 10.1. The normalized spacial score (nSPS) is 12.1. The van der Waals surface area contributed by atoms with E-state index < -0.39 is 6.10 Å². The number of aliphatic hydroxyl groups is 1. The summed E-state index contributed by atoms with van der Waals surface area (Å²) in [5.41, 5.74) is 2.04. The minimum atomic E-state index is -0.959. The van der Waals surface area contributed by atoms with Crippen molar-refractivity contribution in [2.75, 3.05) is 14.2 Å². The number of ether oxygens (including phenoxy) is 1. The van der Waals surface area contributed by atoms with Gasteiger partial charge in [0.15, 0.2) is 0 Å². The van der Waals surface area contributed by atoms with Gasteiger partial charge in [-0.25, -0.2) is 0 Å². The van der Waals surface area contributed by atoms with Crippen LogP contribution in [0.5, 0.6) is 5.75 Å². The molecule has 1 amide bonds. The molecule has 94 valence electrons. The Labute approximate surface area is 102 Å². The number of aryl methyl sites for hydroxylation is 1. The molecule has 0 heterocycles. The molecule has 17 heavy (non-hydrogen) atoms. The number of nitrogens with zero attached hydrogens (tertiary/aromatic N) is 1. The topological polar surface area (TPSA) is 49.8 Å². The second-order valence-electron chi connectivity index (χ2n) is 4.17. The molecule has 0 aromatic heterocycles. The first-order valence-corrected chi connectivity index (χ1v) is 5.52. The van der Waals surface area contributed by atoms with Crippen LogP contribution in [-0.2, 0) is 11.3 Å². The molecular formula is C13H19NO3. The summed E-state index contributed by atoms with van der Waals surface area (Å²) in [6.45, 7) is 3.91. The molecule has 1 atom stereocenters. The fourth-order valence-corrected chi connectivity index (χ4v) is 1.71. The minimum Gasteiger partial charge on any atom is -0.496 e. The largest absolute Gasteiger partial charge is 0.496 e. The van der Waals surface area contributed by atoms with Crippen LogP contribution in [0.2, 0.25) is 0 Å². The maximum atomic E-state index is 11.5. The fourth-order valence-electron chi connectivity index (χ4n) is 1.71. The SMILES string of the molecule is COc1ccc(CN(C)C(=O)C(C)O)cc1C. The fraction of sp³-hybridized carbons (Fsp3) is 0.462. The van der Waals surface area contributed by atoms with Gasteiger partial charge in [-0.05, 0) is 31.0 Å². The molecule has 1 aromatic rings. The average Bonchev–Trinajstić information content (AvgIpc) is 2.28. The van der Waals surface area contributed by atoms with Crippen molar-refractivity contribution in [3.8, 4) is 5.75 Å². The second-order valence-corrected chi connectivity index (χ2v) is 4.17. The van der Waals surface area contributed by atoms with Gasteiger partial charge < -0.3 is 14.7 Å². The first-order valence-electron chi connectivity index (χ1n) is 5.52. The molecule has 0 aliphatic rings. The quantitative estimate of drug-likeness (QED) is 0.859. The monoisotopic (exact) mass is 237 g/mol. The predicted molar refractivity (Wildman–Crippen MR) is 65.9 cm³/mol. The van der Waals surface area contributed by atoms with E-state index >= 15 is 0 Å². The molecular weight excluding hydrogens is 218 g/mol. The van der Waals surface area contributed by atoms with Crippen LogP contribution in [0.4, 0.5) is 0 Å². The van der Waals surface area contributed by atoms with Gasteiger partial charge in [0.2, 0.25) is 0 Å². The van der Waals surface area contributed by atoms with E-state index in [2.05, 4.69) is 0 Å². The third kappa shape index (κ3) is 3.46. The number of carbonyl (C=O) groups is 1. The van der Waals surface area contributed by atoms with Gasteiger partial charge in [-0.1, -0.05) is 12.1 Å². The van der Waals surface area contributed by atoms with Gasteiger partial charge in [0.1, 0.15) is 11.9 Å². The molecule has 1 aromatic carbocycles. The molecule has 0 saturated carbocycles. The van der Waals surface area contributed by atoms with E-state index in [1.165, 1.54) is 11.8 Å². The van der Waals surface area contributed by atoms with E-state index in [1.807, 2.05) is 25.1 Å². The number of likely N-dealkylation sites (N-methyl/N-ethyl adjacent to an activating group) is 1. The number of hydrogen-bond acceptors (Lipinski definition) is 3. The summed E-state index contributed by atoms with van der Waals surface area (Å²) in [5.74, 6) is 0.553. The molecule has 4 nitrogen and oxygen atoms in total. The van der Waals surface area contributed by atoms with Gasteiger partial charge in [-0.3, -0.25) is 4.79 Å². The number of methoxy groups -OCH3 is 1. The zero-order chi connectivity index (χ0) is 13.0. The van der Waals surface area contributed by atoms with Gasteiger partial charge in [0, 0.05) is 13.6 Å². The van der Waals surface area contributed by atoms with Crippen LogP contribution >= 0.6 is 0 Å². The minimum absolute atomic E-state index is 0.279. The van der Waals surface area contributed by atoms with Crippen LogP contribution < -0.4 is 4.74 Å². The Morgan fingerprint density at radius 2 is 2.18 bits per heavy atom. The molecule has 0 aliphatic carbocycles. The van der Waals surface area contributed by atoms with Crippen molar-refractivity contribution >= 4 is 5.91 Å². The van der Waals surface area contributed by atoms with Gasteiger partial charge in [0.25, 0.3) is 5.91 Å². The van der Waals surface area contributed by atoms with Crippen molar-refractivity contribution in [1.82, 2.24) is 4.90 Å². The number of hydrogen-bond donors (Lipinski definition) is 1. The first kappa shape index (κ1) is 13.5. The molecule has 1 unspecified atom stereocenters. The van der Waals surface area contributed by atoms with Crippen molar-refractivity contribution in [3.05, 3.63) is 29.3 Å². The standard InChI is InChI=1S/C13H19NO3/c1-9-7-11(5-6-12(9)17-4)8-14(3)13(16)10(2)15/h5-7,10,15H,8H2,1-4H3. The molecule has 0 saturated heterocycles. The van der Waals surface area contributed by atoms with Crippen LogP contribution in [-0.4, -0.2) is 36.2 Å². The maximum absolute atomic E-state index is 11.5. The number of rotatable bonds is 4. The molecule has 4 heteroatoms. The third-order valence-corrected chi connectivity index (χ3v) is 2.61. The van der Waals surface area contributed by atoms with Gasteiger partial charge in [0.05, 0.1) is 7.11 Å². The Bertz CT molecular complexity index is 402. The zero-order valence-corrected chi connectivity index (χ0v) is 10.7. The van der Waals surface area contributed by atoms with Crippen molar-refractivity contribution in [1.29, 1.82) is 0 Å². The highest BCUT2D eigenvalue weighted by Gasteiger charge is 2.14. The van der Waals surface area contributed by atoms with Crippen molar-refractivity contribution in [3.63, 3.8) is 0 Å². The van der Waals surface area contributed by atoms with E-state index in [-0.39, 0.29) is 5.91 Å². The highest BCUT2D eigenvalue weighted by molar-refractivity contribution is 5.79. The maximum Gasteiger partial charge on any atom is 0.251 e. The lowest BCUT2D eigenvalue weighted by Gasteiger charge is -2.19. The number of amides is 1. The van der Waals surface area contributed by atoms with Gasteiger partial charge in [-0.15, -0.1) is 0 Å². The van der Waals surface area contributed by atoms with E-state index in [0.29, 0.717) is 6.54 Å². The summed E-state index contributed by atoms with van der Waals surface area (Å²) >= 11 is 0. The Balaban J connectivity index is 2.75. The van der Waals surface area contributed by atoms with Crippen LogP contribution in [0.3, 0.4) is 0 Å². The highest BCUT2D eigenvalue weighted by Crippen LogP contribution is 2.19. The van der Waals surface area contributed by atoms with E-state index in [4.69, 9.17) is 4.74 Å². The molecule has 0 aliphatic heterocycles. The number of carbonyl (C=O) groups excluding carboxylic acids is 1. The Morgan fingerprint density at radius 1 is 1.53 bits per heavy atom. The summed E-state index contributed by atoms with van der Waals surface area (Å²) < 4.78 is 5.17. The molecule has 0 spiro atoms. The van der Waals surface area contributed by atoms with E-state index in [1.54, 1.807) is 14.2 Å². The smallest absolute Gasteiger partial charge is 0.251 e. The number of benzene rings is 1. The van der Waals surface area contributed by atoms with Crippen LogP contribution in [0.15, 0.2) is 18.2 Å². The molecule has 0 radical (unpaired) electrons.